The number of aromatic nitrogens is 6. The van der Waals surface area contributed by atoms with Gasteiger partial charge < -0.3 is 29.9 Å². The molecule has 490 valence electrons. The quantitative estimate of drug-likeness (QED) is 0.0709. The Morgan fingerprint density at radius 3 is 0.721 bits per heavy atom. The molecule has 8 heteroatoms. The SMILES string of the molecule is [Rh+3].[Rh+3].[c-]1cc(-c2c(-c3cc(-c4ccccc4-c4ccc(-c5[c-]cccc5)nc4)cc(-c4ccccc4-c4ccc(-c5[c-]cccc5)nc4)c3)cccc2-c2cc(-c3ccccc3-c3ccc(-c4[c-]cccc4)nc3)cc(-c3ccccc3-c3ccc(-c4[c-]cccc4)nc3)c2)c[c-]c1-c1ncccn1. The molecular formula is C96H58N6Rh2. The van der Waals surface area contributed by atoms with E-state index in [4.69, 9.17) is 19.9 Å². The van der Waals surface area contributed by atoms with Gasteiger partial charge in [-0.05, 0) is 182 Å². The summed E-state index contributed by atoms with van der Waals surface area (Å²) in [6, 6.07) is 131. The summed E-state index contributed by atoms with van der Waals surface area (Å²) >= 11 is 0. The summed E-state index contributed by atoms with van der Waals surface area (Å²) in [6.07, 6.45) is 11.4. The van der Waals surface area contributed by atoms with Gasteiger partial charge in [0, 0.05) is 37.2 Å². The summed E-state index contributed by atoms with van der Waals surface area (Å²) in [7, 11) is 0. The predicted octanol–water partition coefficient (Wildman–Crippen LogP) is 23.5. The predicted molar refractivity (Wildman–Crippen MR) is 413 cm³/mol. The number of nitrogens with zero attached hydrogens (tertiary/aromatic N) is 6. The molecule has 0 spiro atoms. The standard InChI is InChI=1S/C96H58N6.2Rh/c1-5-23-65(24-6-1)91-49-45-71(61-99-91)81-31-13-17-35-85(81)75-55-76(86-36-18-14-32-82(86)72-46-50-92(100-62-72)66-25-7-2-8-26-66)58-79(57-75)89-39-21-40-90(95(89)69-41-43-70(44-42-69)96-97-53-22-54-98-96)80-59-77(87-37-19-15-33-83(87)73-47-51-93(101-63-73)67-27-9-3-10-28-67)56-78(60-80)88-38-20-16-34-84(88)74-48-52-94(102-64-74)68-29-11-4-12-30-68;;/h1-23,25,27,29,31-42,45-64H;;/q-6;2*+3. The van der Waals surface area contributed by atoms with Gasteiger partial charge in [-0.1, -0.05) is 169 Å². The molecule has 0 N–H and O–H groups in total. The van der Waals surface area contributed by atoms with Gasteiger partial charge in [-0.15, -0.1) is 144 Å². The van der Waals surface area contributed by atoms with E-state index in [1.165, 1.54) is 0 Å². The Labute approximate surface area is 631 Å². The fourth-order valence-corrected chi connectivity index (χ4v) is 13.6. The van der Waals surface area contributed by atoms with E-state index in [0.717, 1.165) is 167 Å². The van der Waals surface area contributed by atoms with Gasteiger partial charge in [0.15, 0.2) is 0 Å². The molecule has 5 aromatic heterocycles. The first kappa shape index (κ1) is 67.4. The third kappa shape index (κ3) is 14.1. The van der Waals surface area contributed by atoms with Crippen molar-refractivity contribution in [3.05, 3.63) is 389 Å². The zero-order valence-electron chi connectivity index (χ0n) is 55.8. The van der Waals surface area contributed by atoms with Gasteiger partial charge in [-0.25, -0.2) is 17.7 Å². The molecular weight excluding hydrogens is 1440 g/mol. The summed E-state index contributed by atoms with van der Waals surface area (Å²) in [6.45, 7) is 0. The molecule has 104 heavy (non-hydrogen) atoms. The number of hydrogen-bond acceptors (Lipinski definition) is 6. The van der Waals surface area contributed by atoms with Crippen molar-refractivity contribution >= 4 is 0 Å². The molecule has 6 nitrogen and oxygen atoms in total. The second-order valence-electron chi connectivity index (χ2n) is 24.8. The van der Waals surface area contributed by atoms with E-state index in [1.54, 1.807) is 12.4 Å². The largest absolute Gasteiger partial charge is 3.00 e. The Bertz CT molecular complexity index is 5200. The van der Waals surface area contributed by atoms with Crippen molar-refractivity contribution < 1.29 is 39.0 Å². The van der Waals surface area contributed by atoms with E-state index >= 15 is 0 Å². The third-order valence-electron chi connectivity index (χ3n) is 18.6. The van der Waals surface area contributed by atoms with Crippen molar-refractivity contribution in [2.24, 2.45) is 0 Å². The first-order valence-electron chi connectivity index (χ1n) is 33.8. The molecule has 0 amide bonds. The van der Waals surface area contributed by atoms with Gasteiger partial charge in [0.2, 0.25) is 0 Å². The smallest absolute Gasteiger partial charge is 0.333 e. The van der Waals surface area contributed by atoms with Crippen molar-refractivity contribution in [2.75, 3.05) is 0 Å². The van der Waals surface area contributed by atoms with Gasteiger partial charge in [0.05, 0.1) is 0 Å². The van der Waals surface area contributed by atoms with Crippen LogP contribution >= 0.6 is 0 Å². The van der Waals surface area contributed by atoms with Crippen molar-refractivity contribution in [3.8, 4) is 179 Å². The normalized spacial score (nSPS) is 10.9. The van der Waals surface area contributed by atoms with Crippen LogP contribution in [0.5, 0.6) is 0 Å². The number of pyridine rings is 4. The van der Waals surface area contributed by atoms with Crippen molar-refractivity contribution in [2.45, 2.75) is 0 Å². The molecule has 12 aromatic carbocycles. The van der Waals surface area contributed by atoms with Crippen LogP contribution in [0.3, 0.4) is 0 Å². The molecule has 0 atom stereocenters. The van der Waals surface area contributed by atoms with Gasteiger partial charge in [0.1, 0.15) is 0 Å². The third-order valence-corrected chi connectivity index (χ3v) is 18.6. The minimum atomic E-state index is 0. The Morgan fingerprint density at radius 1 is 0.202 bits per heavy atom. The molecule has 0 unspecified atom stereocenters. The Kier molecular flexibility index (Phi) is 20.0. The van der Waals surface area contributed by atoms with Crippen LogP contribution in [-0.4, -0.2) is 29.9 Å². The molecule has 5 heterocycles. The van der Waals surface area contributed by atoms with Crippen LogP contribution in [0, 0.1) is 36.4 Å². The first-order chi connectivity index (χ1) is 50.6. The summed E-state index contributed by atoms with van der Waals surface area (Å²) in [4.78, 5) is 29.4. The number of hydrogen-bond donors (Lipinski definition) is 0. The summed E-state index contributed by atoms with van der Waals surface area (Å²) in [5.74, 6) is 0.542. The molecule has 17 aromatic rings. The summed E-state index contributed by atoms with van der Waals surface area (Å²) < 4.78 is 0. The second kappa shape index (κ2) is 30.8. The zero-order valence-corrected chi connectivity index (χ0v) is 59.1. The van der Waals surface area contributed by atoms with E-state index in [9.17, 15) is 0 Å². The van der Waals surface area contributed by atoms with E-state index < -0.39 is 0 Å². The van der Waals surface area contributed by atoms with E-state index in [1.807, 2.05) is 128 Å². The Morgan fingerprint density at radius 2 is 0.462 bits per heavy atom. The zero-order chi connectivity index (χ0) is 68.0. The van der Waals surface area contributed by atoms with E-state index in [0.29, 0.717) is 11.4 Å². The van der Waals surface area contributed by atoms with Crippen molar-refractivity contribution in [1.82, 2.24) is 29.9 Å². The maximum Gasteiger partial charge on any atom is 3.00 e. The van der Waals surface area contributed by atoms with Crippen LogP contribution in [0.15, 0.2) is 353 Å². The van der Waals surface area contributed by atoms with Gasteiger partial charge in [-0.3, -0.25) is 12.1 Å². The van der Waals surface area contributed by atoms with Crippen LogP contribution in [-0.2, 0) is 39.0 Å². The fraction of sp³-hybridized carbons (Fsp3) is 0. The van der Waals surface area contributed by atoms with Crippen LogP contribution in [0.4, 0.5) is 0 Å². The average molecular weight is 1500 g/mol. The monoisotopic (exact) mass is 1500 g/mol. The minimum Gasteiger partial charge on any atom is -0.333 e. The summed E-state index contributed by atoms with van der Waals surface area (Å²) in [5, 5.41) is 0. The average Bonchev–Trinajstić information content (AvgIpc) is 0.759. The molecule has 0 bridgehead atoms. The molecule has 0 saturated heterocycles. The van der Waals surface area contributed by atoms with Crippen LogP contribution < -0.4 is 0 Å². The van der Waals surface area contributed by atoms with Crippen LogP contribution in [0.1, 0.15) is 0 Å². The molecule has 0 fully saturated rings. The minimum absolute atomic E-state index is 0. The van der Waals surface area contributed by atoms with Gasteiger partial charge in [0.25, 0.3) is 0 Å². The molecule has 0 radical (unpaired) electrons. The van der Waals surface area contributed by atoms with Crippen LogP contribution in [0.25, 0.3) is 179 Å². The van der Waals surface area contributed by atoms with Crippen LogP contribution in [0.2, 0.25) is 0 Å². The van der Waals surface area contributed by atoms with Crippen molar-refractivity contribution in [3.63, 3.8) is 0 Å². The Balaban J connectivity index is 0.00000435. The molecule has 17 rings (SSSR count). The Hall–Kier alpha value is -12.4. The molecule has 0 aliphatic rings. The number of benzene rings is 12. The second-order valence-corrected chi connectivity index (χ2v) is 24.8. The number of rotatable bonds is 16. The van der Waals surface area contributed by atoms with Gasteiger partial charge in [-0.2, -0.15) is 5.56 Å². The molecule has 0 aliphatic carbocycles. The maximum absolute atomic E-state index is 5.03. The summed E-state index contributed by atoms with van der Waals surface area (Å²) in [5.41, 5.74) is 30.2. The fourth-order valence-electron chi connectivity index (χ4n) is 13.6. The van der Waals surface area contributed by atoms with E-state index in [-0.39, 0.29) is 39.0 Å². The maximum atomic E-state index is 5.03. The first-order valence-corrected chi connectivity index (χ1v) is 33.8. The van der Waals surface area contributed by atoms with Crippen molar-refractivity contribution in [1.29, 1.82) is 0 Å². The molecule has 0 saturated carbocycles. The van der Waals surface area contributed by atoms with Gasteiger partial charge >= 0.3 is 39.0 Å². The molecule has 0 aliphatic heterocycles. The topological polar surface area (TPSA) is 77.3 Å². The van der Waals surface area contributed by atoms with E-state index in [2.05, 4.69) is 259 Å².